The lowest BCUT2D eigenvalue weighted by molar-refractivity contribution is -0.116. The molecule has 3 aromatic carbocycles. The SMILES string of the molecule is COc1cc(/C=C/C(=O)N/N=C/c2ccc(OCc3ccccc3)cc2)ccc1O. The van der Waals surface area contributed by atoms with Gasteiger partial charge in [-0.1, -0.05) is 36.4 Å². The lowest BCUT2D eigenvalue weighted by Crippen LogP contribution is -2.14. The van der Waals surface area contributed by atoms with Gasteiger partial charge in [-0.25, -0.2) is 5.43 Å². The summed E-state index contributed by atoms with van der Waals surface area (Å²) in [6, 6.07) is 22.2. The van der Waals surface area contributed by atoms with Crippen molar-refractivity contribution < 1.29 is 19.4 Å². The van der Waals surface area contributed by atoms with Gasteiger partial charge in [0.1, 0.15) is 12.4 Å². The number of carbonyl (C=O) groups excluding carboxylic acids is 1. The summed E-state index contributed by atoms with van der Waals surface area (Å²) in [5, 5.41) is 13.5. The van der Waals surface area contributed by atoms with E-state index in [2.05, 4.69) is 10.5 Å². The molecule has 0 radical (unpaired) electrons. The Kier molecular flexibility index (Phi) is 7.22. The Bertz CT molecular complexity index is 1030. The van der Waals surface area contributed by atoms with Crippen LogP contribution < -0.4 is 14.9 Å². The second-order valence-electron chi connectivity index (χ2n) is 6.34. The number of carbonyl (C=O) groups is 1. The average Bonchev–Trinajstić information content (AvgIpc) is 2.78. The molecule has 0 aliphatic heterocycles. The molecule has 2 N–H and O–H groups in total. The molecule has 1 amide bonds. The average molecular weight is 402 g/mol. The predicted octanol–water partition coefficient (Wildman–Crippen LogP) is 4.14. The van der Waals surface area contributed by atoms with Crippen LogP contribution in [0.1, 0.15) is 16.7 Å². The normalized spacial score (nSPS) is 11.0. The predicted molar refractivity (Wildman–Crippen MR) is 117 cm³/mol. The second-order valence-corrected chi connectivity index (χ2v) is 6.34. The third-order valence-electron chi connectivity index (χ3n) is 4.15. The van der Waals surface area contributed by atoms with Gasteiger partial charge in [-0.3, -0.25) is 4.79 Å². The van der Waals surface area contributed by atoms with E-state index in [0.717, 1.165) is 22.4 Å². The summed E-state index contributed by atoms with van der Waals surface area (Å²) in [5.74, 6) is 0.764. The van der Waals surface area contributed by atoms with Gasteiger partial charge in [0.05, 0.1) is 13.3 Å². The van der Waals surface area contributed by atoms with Crippen molar-refractivity contribution >= 4 is 18.2 Å². The Morgan fingerprint density at radius 3 is 2.50 bits per heavy atom. The number of phenolic OH excluding ortho intramolecular Hbond substituents is 1. The maximum Gasteiger partial charge on any atom is 0.264 e. The zero-order chi connectivity index (χ0) is 21.2. The first-order valence-corrected chi connectivity index (χ1v) is 9.29. The molecule has 3 aromatic rings. The summed E-state index contributed by atoms with van der Waals surface area (Å²) in [7, 11) is 1.46. The Morgan fingerprint density at radius 2 is 1.77 bits per heavy atom. The first kappa shape index (κ1) is 20.7. The number of ether oxygens (including phenoxy) is 2. The molecule has 0 atom stereocenters. The number of hydrogen-bond donors (Lipinski definition) is 2. The summed E-state index contributed by atoms with van der Waals surface area (Å²) < 4.78 is 10.8. The molecule has 0 aliphatic carbocycles. The van der Waals surface area contributed by atoms with Gasteiger partial charge < -0.3 is 14.6 Å². The minimum atomic E-state index is -0.374. The van der Waals surface area contributed by atoms with Gasteiger partial charge >= 0.3 is 0 Å². The fourth-order valence-electron chi connectivity index (χ4n) is 2.57. The Hall–Kier alpha value is -4.06. The van der Waals surface area contributed by atoms with Gasteiger partial charge in [0.15, 0.2) is 11.5 Å². The molecule has 0 bridgehead atoms. The quantitative estimate of drug-likeness (QED) is 0.337. The number of benzene rings is 3. The third-order valence-corrected chi connectivity index (χ3v) is 4.15. The maximum absolute atomic E-state index is 11.9. The minimum Gasteiger partial charge on any atom is -0.504 e. The molecule has 0 heterocycles. The summed E-state index contributed by atoms with van der Waals surface area (Å²) in [6.07, 6.45) is 4.51. The number of nitrogens with zero attached hydrogens (tertiary/aromatic N) is 1. The molecular formula is C24H22N2O4. The van der Waals surface area contributed by atoms with Gasteiger partial charge in [-0.05, 0) is 59.2 Å². The van der Waals surface area contributed by atoms with E-state index >= 15 is 0 Å². The van der Waals surface area contributed by atoms with Crippen LogP contribution in [0.2, 0.25) is 0 Å². The van der Waals surface area contributed by atoms with Crippen molar-refractivity contribution in [3.05, 3.63) is 95.6 Å². The number of aromatic hydroxyl groups is 1. The molecule has 6 nitrogen and oxygen atoms in total. The van der Waals surface area contributed by atoms with Crippen molar-refractivity contribution in [3.63, 3.8) is 0 Å². The number of rotatable bonds is 8. The first-order chi connectivity index (χ1) is 14.6. The zero-order valence-corrected chi connectivity index (χ0v) is 16.5. The van der Waals surface area contributed by atoms with Crippen LogP contribution in [0.4, 0.5) is 0 Å². The molecule has 0 spiro atoms. The van der Waals surface area contributed by atoms with Gasteiger partial charge in [-0.15, -0.1) is 0 Å². The largest absolute Gasteiger partial charge is 0.504 e. The van der Waals surface area contributed by atoms with Crippen LogP contribution in [0.25, 0.3) is 6.08 Å². The Morgan fingerprint density at radius 1 is 1.03 bits per heavy atom. The smallest absolute Gasteiger partial charge is 0.264 e. The summed E-state index contributed by atoms with van der Waals surface area (Å²) in [4.78, 5) is 11.9. The maximum atomic E-state index is 11.9. The molecule has 0 fully saturated rings. The monoisotopic (exact) mass is 402 g/mol. The minimum absolute atomic E-state index is 0.0418. The molecule has 30 heavy (non-hydrogen) atoms. The number of nitrogens with one attached hydrogen (secondary N) is 1. The third kappa shape index (κ3) is 6.24. The van der Waals surface area contributed by atoms with Crippen molar-refractivity contribution in [2.24, 2.45) is 5.10 Å². The van der Waals surface area contributed by atoms with E-state index in [9.17, 15) is 9.90 Å². The van der Waals surface area contributed by atoms with E-state index in [0.29, 0.717) is 12.4 Å². The molecule has 152 valence electrons. The highest BCUT2D eigenvalue weighted by Gasteiger charge is 2.01. The molecule has 0 unspecified atom stereocenters. The van der Waals surface area contributed by atoms with E-state index in [4.69, 9.17) is 9.47 Å². The van der Waals surface area contributed by atoms with Gasteiger partial charge in [-0.2, -0.15) is 5.10 Å². The van der Waals surface area contributed by atoms with Crippen LogP contribution in [0.3, 0.4) is 0 Å². The number of hydrogen-bond acceptors (Lipinski definition) is 5. The topological polar surface area (TPSA) is 80.2 Å². The number of amides is 1. The lowest BCUT2D eigenvalue weighted by atomic mass is 10.2. The second kappa shape index (κ2) is 10.5. The fraction of sp³-hybridized carbons (Fsp3) is 0.0833. The van der Waals surface area contributed by atoms with Crippen LogP contribution in [-0.2, 0) is 11.4 Å². The van der Waals surface area contributed by atoms with Crippen LogP contribution in [0.15, 0.2) is 84.0 Å². The first-order valence-electron chi connectivity index (χ1n) is 9.29. The summed E-state index contributed by atoms with van der Waals surface area (Å²) in [5.41, 5.74) is 5.08. The number of phenols is 1. The standard InChI is InChI=1S/C24H22N2O4/c1-29-23-15-18(9-13-22(23)27)10-14-24(28)26-25-16-19-7-11-21(12-8-19)30-17-20-5-3-2-4-6-20/h2-16,27H,17H2,1H3,(H,26,28)/b14-10+,25-16+. The van der Waals surface area contributed by atoms with Crippen molar-refractivity contribution in [1.29, 1.82) is 0 Å². The van der Waals surface area contributed by atoms with E-state index in [1.165, 1.54) is 19.3 Å². The van der Waals surface area contributed by atoms with E-state index in [1.807, 2.05) is 54.6 Å². The van der Waals surface area contributed by atoms with Crippen LogP contribution in [0.5, 0.6) is 17.2 Å². The van der Waals surface area contributed by atoms with Crippen molar-refractivity contribution in [2.45, 2.75) is 6.61 Å². The highest BCUT2D eigenvalue weighted by molar-refractivity contribution is 5.92. The molecular weight excluding hydrogens is 380 g/mol. The van der Waals surface area contributed by atoms with Gasteiger partial charge in [0.25, 0.3) is 5.91 Å². The van der Waals surface area contributed by atoms with Crippen LogP contribution in [0, 0.1) is 0 Å². The van der Waals surface area contributed by atoms with Crippen molar-refractivity contribution in [2.75, 3.05) is 7.11 Å². The van der Waals surface area contributed by atoms with Crippen LogP contribution in [-0.4, -0.2) is 24.3 Å². The van der Waals surface area contributed by atoms with Crippen molar-refractivity contribution in [1.82, 2.24) is 5.43 Å². The number of hydrazone groups is 1. The fourth-order valence-corrected chi connectivity index (χ4v) is 2.57. The van der Waals surface area contributed by atoms with E-state index in [-0.39, 0.29) is 11.7 Å². The highest BCUT2D eigenvalue weighted by Crippen LogP contribution is 2.26. The molecule has 0 aromatic heterocycles. The summed E-state index contributed by atoms with van der Waals surface area (Å²) in [6.45, 7) is 0.504. The van der Waals surface area contributed by atoms with Gasteiger partial charge in [0.2, 0.25) is 0 Å². The summed E-state index contributed by atoms with van der Waals surface area (Å²) >= 11 is 0. The Balaban J connectivity index is 1.48. The Labute approximate surface area is 175 Å². The highest BCUT2D eigenvalue weighted by atomic mass is 16.5. The number of methoxy groups -OCH3 is 1. The molecule has 0 saturated carbocycles. The van der Waals surface area contributed by atoms with E-state index < -0.39 is 0 Å². The molecule has 0 saturated heterocycles. The van der Waals surface area contributed by atoms with E-state index in [1.54, 1.807) is 24.4 Å². The molecule has 3 rings (SSSR count). The zero-order valence-electron chi connectivity index (χ0n) is 16.5. The molecule has 0 aliphatic rings. The van der Waals surface area contributed by atoms with Gasteiger partial charge in [0, 0.05) is 6.08 Å². The molecule has 6 heteroatoms. The van der Waals surface area contributed by atoms with Crippen molar-refractivity contribution in [3.8, 4) is 17.2 Å². The lowest BCUT2D eigenvalue weighted by Gasteiger charge is -2.06. The van der Waals surface area contributed by atoms with Crippen LogP contribution >= 0.6 is 0 Å².